The molecule has 1 fully saturated rings. The van der Waals surface area contributed by atoms with E-state index in [1.165, 1.54) is 20.8 Å². The lowest BCUT2D eigenvalue weighted by Gasteiger charge is -2.48. The van der Waals surface area contributed by atoms with Crippen LogP contribution < -0.4 is 5.32 Å². The van der Waals surface area contributed by atoms with E-state index in [-0.39, 0.29) is 6.54 Å². The molecule has 27 heavy (non-hydrogen) atoms. The molecule has 0 aromatic carbocycles. The van der Waals surface area contributed by atoms with Crippen molar-refractivity contribution in [2.24, 2.45) is 11.8 Å². The van der Waals surface area contributed by atoms with Crippen molar-refractivity contribution in [1.29, 1.82) is 0 Å². The Bertz CT molecular complexity index is 558. The Morgan fingerprint density at radius 3 is 2.00 bits per heavy atom. The predicted octanol–water partition coefficient (Wildman–Crippen LogP) is 4.01. The monoisotopic (exact) mass is 408 g/mol. The summed E-state index contributed by atoms with van der Waals surface area (Å²) in [5.74, 6) is -6.10. The summed E-state index contributed by atoms with van der Waals surface area (Å²) in [6, 6.07) is 0. The van der Waals surface area contributed by atoms with Gasteiger partial charge in [-0.25, -0.2) is 9.59 Å². The van der Waals surface area contributed by atoms with E-state index in [1.54, 1.807) is 0 Å². The molecule has 1 saturated heterocycles. The Hall–Kier alpha value is -1.88. The molecule has 2 N–H and O–H groups in total. The molecule has 1 aliphatic heterocycles. The zero-order valence-corrected chi connectivity index (χ0v) is 15.2. The van der Waals surface area contributed by atoms with Gasteiger partial charge in [0.25, 0.3) is 0 Å². The average molecular weight is 408 g/mol. The third kappa shape index (κ3) is 6.06. The van der Waals surface area contributed by atoms with Crippen LogP contribution in [0.3, 0.4) is 0 Å². The van der Waals surface area contributed by atoms with E-state index < -0.39 is 60.5 Å². The SMILES string of the molecule is CC(C)(C)OC(=O)NC1(C)CCN(C(=O)O)CC1C(C(F)(F)F)C(F)(F)F. The van der Waals surface area contributed by atoms with E-state index >= 15 is 0 Å². The Kier molecular flexibility index (Phi) is 6.23. The van der Waals surface area contributed by atoms with Gasteiger partial charge in [0.2, 0.25) is 0 Å². The van der Waals surface area contributed by atoms with Crippen molar-refractivity contribution in [2.75, 3.05) is 13.1 Å². The van der Waals surface area contributed by atoms with Gasteiger partial charge in [0.15, 0.2) is 5.92 Å². The van der Waals surface area contributed by atoms with Crippen LogP contribution in [-0.2, 0) is 4.74 Å². The number of carbonyl (C=O) groups is 2. The number of carboxylic acid groups (broad SMARTS) is 1. The summed E-state index contributed by atoms with van der Waals surface area (Å²) in [7, 11) is 0. The summed E-state index contributed by atoms with van der Waals surface area (Å²) in [6.07, 6.45) is -14.6. The zero-order valence-electron chi connectivity index (χ0n) is 15.2. The van der Waals surface area contributed by atoms with Gasteiger partial charge >= 0.3 is 24.5 Å². The third-order valence-corrected chi connectivity index (χ3v) is 4.30. The molecule has 2 unspecified atom stereocenters. The number of ether oxygens (including phenoxy) is 1. The minimum atomic E-state index is -5.68. The van der Waals surface area contributed by atoms with Crippen LogP contribution in [0.5, 0.6) is 0 Å². The third-order valence-electron chi connectivity index (χ3n) is 4.30. The van der Waals surface area contributed by atoms with Gasteiger partial charge in [0.05, 0.1) is 0 Å². The fraction of sp³-hybridized carbons (Fsp3) is 0.867. The van der Waals surface area contributed by atoms with Crippen molar-refractivity contribution < 1.29 is 45.8 Å². The van der Waals surface area contributed by atoms with Crippen molar-refractivity contribution in [2.45, 2.75) is 57.6 Å². The molecule has 0 saturated carbocycles. The smallest absolute Gasteiger partial charge is 0.408 e. The first-order valence-corrected chi connectivity index (χ1v) is 7.99. The molecule has 2 atom stereocenters. The van der Waals surface area contributed by atoms with Gasteiger partial charge in [-0.2, -0.15) is 26.3 Å². The van der Waals surface area contributed by atoms with E-state index in [1.807, 2.05) is 0 Å². The van der Waals surface area contributed by atoms with E-state index in [0.717, 1.165) is 6.92 Å². The Labute approximate surface area is 151 Å². The van der Waals surface area contributed by atoms with Crippen LogP contribution in [-0.4, -0.2) is 58.8 Å². The van der Waals surface area contributed by atoms with E-state index in [0.29, 0.717) is 4.90 Å². The molecule has 6 nitrogen and oxygen atoms in total. The van der Waals surface area contributed by atoms with Gasteiger partial charge in [-0.05, 0) is 34.1 Å². The Morgan fingerprint density at radius 2 is 1.63 bits per heavy atom. The first kappa shape index (κ1) is 23.2. The van der Waals surface area contributed by atoms with E-state index in [4.69, 9.17) is 9.84 Å². The molecule has 12 heteroatoms. The van der Waals surface area contributed by atoms with Crippen LogP contribution in [0.4, 0.5) is 35.9 Å². The molecule has 0 aromatic rings. The number of hydrogen-bond acceptors (Lipinski definition) is 3. The number of carbonyl (C=O) groups excluding carboxylic acids is 1. The van der Waals surface area contributed by atoms with Crippen molar-refractivity contribution in [3.63, 3.8) is 0 Å². The number of amides is 2. The van der Waals surface area contributed by atoms with Crippen LogP contribution >= 0.6 is 0 Å². The zero-order chi connectivity index (χ0) is 21.4. The summed E-state index contributed by atoms with van der Waals surface area (Å²) in [4.78, 5) is 23.6. The maximum Gasteiger partial charge on any atom is 0.408 e. The quantitative estimate of drug-likeness (QED) is 0.677. The number of piperidine rings is 1. The standard InChI is InChI=1S/C15H22F6N2O4/c1-12(2,3)27-10(24)22-13(4)5-6-23(11(25)26)7-8(13)9(14(16,17)18)15(19,20)21/h8-9H,5-7H2,1-4H3,(H,22,24)(H,25,26). The van der Waals surface area contributed by atoms with Crippen LogP contribution in [0.25, 0.3) is 0 Å². The van der Waals surface area contributed by atoms with Gasteiger partial charge in [-0.3, -0.25) is 0 Å². The topological polar surface area (TPSA) is 78.9 Å². The maximum atomic E-state index is 13.3. The number of rotatable bonds is 2. The summed E-state index contributed by atoms with van der Waals surface area (Å²) in [6.45, 7) is 4.10. The lowest BCUT2D eigenvalue weighted by molar-refractivity contribution is -0.307. The fourth-order valence-corrected chi connectivity index (χ4v) is 3.06. The largest absolute Gasteiger partial charge is 0.465 e. The lowest BCUT2D eigenvalue weighted by atomic mass is 9.71. The first-order chi connectivity index (χ1) is 11.9. The van der Waals surface area contributed by atoms with Gasteiger partial charge in [-0.1, -0.05) is 0 Å². The number of alkyl halides is 6. The first-order valence-electron chi connectivity index (χ1n) is 7.99. The van der Waals surface area contributed by atoms with Gasteiger partial charge in [0.1, 0.15) is 5.60 Å². The van der Waals surface area contributed by atoms with Crippen molar-refractivity contribution in [3.8, 4) is 0 Å². The maximum absolute atomic E-state index is 13.3. The van der Waals surface area contributed by atoms with E-state index in [2.05, 4.69) is 5.32 Å². The molecule has 1 heterocycles. The molecule has 158 valence electrons. The second kappa shape index (κ2) is 7.27. The Morgan fingerprint density at radius 1 is 1.15 bits per heavy atom. The normalized spacial score (nSPS) is 24.7. The minimum absolute atomic E-state index is 0.333. The molecule has 0 aliphatic carbocycles. The van der Waals surface area contributed by atoms with Crippen LogP contribution in [0, 0.1) is 11.8 Å². The van der Waals surface area contributed by atoms with Gasteiger partial charge < -0.3 is 20.1 Å². The second-order valence-corrected chi connectivity index (χ2v) is 7.69. The molecular formula is C15H22F6N2O4. The molecule has 1 rings (SSSR count). The number of alkyl carbamates (subject to hydrolysis) is 1. The van der Waals surface area contributed by atoms with Crippen molar-refractivity contribution >= 4 is 12.2 Å². The molecular weight excluding hydrogens is 386 g/mol. The van der Waals surface area contributed by atoms with Crippen LogP contribution in [0.15, 0.2) is 0 Å². The summed E-state index contributed by atoms with van der Waals surface area (Å²) in [5, 5.41) is 11.1. The number of likely N-dealkylation sites (tertiary alicyclic amines) is 1. The van der Waals surface area contributed by atoms with Crippen LogP contribution in [0.1, 0.15) is 34.1 Å². The number of hydrogen-bond donors (Lipinski definition) is 2. The van der Waals surface area contributed by atoms with Crippen LogP contribution in [0.2, 0.25) is 0 Å². The van der Waals surface area contributed by atoms with E-state index in [9.17, 15) is 35.9 Å². The lowest BCUT2D eigenvalue weighted by Crippen LogP contribution is -2.65. The highest BCUT2D eigenvalue weighted by molar-refractivity contribution is 5.69. The summed E-state index contributed by atoms with van der Waals surface area (Å²) in [5.41, 5.74) is -3.00. The number of halogens is 6. The molecule has 0 aromatic heterocycles. The molecule has 0 bridgehead atoms. The van der Waals surface area contributed by atoms with Crippen molar-refractivity contribution in [3.05, 3.63) is 0 Å². The summed E-state index contributed by atoms with van der Waals surface area (Å²) >= 11 is 0. The molecule has 2 amide bonds. The molecule has 0 radical (unpaired) electrons. The number of nitrogens with zero attached hydrogens (tertiary/aromatic N) is 1. The van der Waals surface area contributed by atoms with Gasteiger partial charge in [-0.15, -0.1) is 0 Å². The fourth-order valence-electron chi connectivity index (χ4n) is 3.06. The predicted molar refractivity (Wildman–Crippen MR) is 81.1 cm³/mol. The second-order valence-electron chi connectivity index (χ2n) is 7.69. The highest BCUT2D eigenvalue weighted by Gasteiger charge is 2.65. The number of nitrogens with one attached hydrogen (secondary N) is 1. The highest BCUT2D eigenvalue weighted by atomic mass is 19.4. The highest BCUT2D eigenvalue weighted by Crippen LogP contribution is 2.49. The Balaban J connectivity index is 3.30. The molecule has 1 aliphatic rings. The van der Waals surface area contributed by atoms with Crippen molar-refractivity contribution in [1.82, 2.24) is 10.2 Å². The summed E-state index contributed by atoms with van der Waals surface area (Å²) < 4.78 is 84.4. The minimum Gasteiger partial charge on any atom is -0.465 e. The van der Waals surface area contributed by atoms with Gasteiger partial charge in [0, 0.05) is 24.5 Å². The average Bonchev–Trinajstić information content (AvgIpc) is 2.35. The molecule has 0 spiro atoms.